The van der Waals surface area contributed by atoms with Crippen LogP contribution in [0.3, 0.4) is 0 Å². The highest BCUT2D eigenvalue weighted by atomic mass is 79.9. The van der Waals surface area contributed by atoms with Crippen LogP contribution in [0.4, 0.5) is 9.18 Å². The van der Waals surface area contributed by atoms with E-state index in [1.165, 1.54) is 19.2 Å². The summed E-state index contributed by atoms with van der Waals surface area (Å²) in [6.45, 7) is -0.135. The molecule has 0 N–H and O–H groups in total. The molecule has 0 aromatic heterocycles. The molecule has 0 saturated carbocycles. The van der Waals surface area contributed by atoms with Gasteiger partial charge in [-0.1, -0.05) is 15.9 Å². The first-order chi connectivity index (χ1) is 8.40. The summed E-state index contributed by atoms with van der Waals surface area (Å²) in [5, 5.41) is 0. The Hall–Kier alpha value is -1.76. The van der Waals surface area contributed by atoms with Crippen LogP contribution in [0.2, 0.25) is 0 Å². The lowest BCUT2D eigenvalue weighted by Crippen LogP contribution is -2.31. The summed E-state index contributed by atoms with van der Waals surface area (Å²) in [5.74, 6) is -2.27. The van der Waals surface area contributed by atoms with Crippen LogP contribution in [0.1, 0.15) is 5.56 Å². The lowest BCUT2D eigenvalue weighted by Gasteiger charge is -2.13. The topological polar surface area (TPSA) is 57.7 Å². The van der Waals surface area contributed by atoms with Gasteiger partial charge in [-0.25, -0.2) is 9.18 Å². The molecule has 1 heterocycles. The zero-order valence-electron chi connectivity index (χ0n) is 9.31. The molecule has 1 aromatic carbocycles. The number of hydrogen-bond acceptors (Lipinski definition) is 3. The summed E-state index contributed by atoms with van der Waals surface area (Å²) in [6, 6.07) is 3.33. The molecule has 1 aliphatic rings. The molecule has 7 heteroatoms. The smallest absolute Gasteiger partial charge is 0.263 e. The molecule has 0 unspecified atom stereocenters. The van der Waals surface area contributed by atoms with Gasteiger partial charge in [-0.15, -0.1) is 0 Å². The van der Waals surface area contributed by atoms with Crippen LogP contribution in [0.25, 0.3) is 0 Å². The maximum Gasteiger partial charge on any atom is 0.334 e. The number of amides is 4. The summed E-state index contributed by atoms with van der Waals surface area (Å²) < 4.78 is 13.7. The maximum atomic E-state index is 13.2. The summed E-state index contributed by atoms with van der Waals surface area (Å²) in [4.78, 5) is 35.9. The van der Waals surface area contributed by atoms with E-state index < -0.39 is 23.7 Å². The Morgan fingerprint density at radius 2 is 1.83 bits per heavy atom. The number of rotatable bonds is 2. The van der Waals surface area contributed by atoms with Gasteiger partial charge in [0.1, 0.15) is 5.82 Å². The third kappa shape index (κ3) is 2.13. The predicted molar refractivity (Wildman–Crippen MR) is 62.8 cm³/mol. The van der Waals surface area contributed by atoms with Gasteiger partial charge in [0.2, 0.25) is 0 Å². The van der Waals surface area contributed by atoms with Gasteiger partial charge in [-0.3, -0.25) is 19.4 Å². The van der Waals surface area contributed by atoms with Gasteiger partial charge < -0.3 is 0 Å². The third-order valence-electron chi connectivity index (χ3n) is 2.51. The minimum Gasteiger partial charge on any atom is -0.263 e. The van der Waals surface area contributed by atoms with Gasteiger partial charge >= 0.3 is 17.8 Å². The zero-order valence-corrected chi connectivity index (χ0v) is 10.9. The minimum absolute atomic E-state index is 0.135. The van der Waals surface area contributed by atoms with Crippen LogP contribution in [0.15, 0.2) is 22.7 Å². The highest BCUT2D eigenvalue weighted by molar-refractivity contribution is 9.10. The van der Waals surface area contributed by atoms with Crippen molar-refractivity contribution >= 4 is 33.8 Å². The number of hydrogen-bond donors (Lipinski definition) is 0. The SMILES string of the molecule is CN1C(=O)C(=O)N(Cc2cc(F)cc(Br)c2)C1=O. The molecule has 0 radical (unpaired) electrons. The molecule has 1 fully saturated rings. The quantitative estimate of drug-likeness (QED) is 0.614. The number of likely N-dealkylation sites (N-methyl/N-ethyl adjacent to an activating group) is 1. The largest absolute Gasteiger partial charge is 0.334 e. The molecule has 0 atom stereocenters. The number of urea groups is 1. The first-order valence-corrected chi connectivity index (χ1v) is 5.78. The fraction of sp³-hybridized carbons (Fsp3) is 0.182. The molecule has 2 rings (SSSR count). The lowest BCUT2D eigenvalue weighted by atomic mass is 10.2. The minimum atomic E-state index is -0.900. The van der Waals surface area contributed by atoms with Crippen LogP contribution in [-0.4, -0.2) is 34.7 Å². The Labute approximate surface area is 110 Å². The van der Waals surface area contributed by atoms with Crippen molar-refractivity contribution in [3.8, 4) is 0 Å². The highest BCUT2D eigenvalue weighted by Crippen LogP contribution is 2.19. The van der Waals surface area contributed by atoms with E-state index in [4.69, 9.17) is 0 Å². The summed E-state index contributed by atoms with van der Waals surface area (Å²) in [6.07, 6.45) is 0. The van der Waals surface area contributed by atoms with Crippen molar-refractivity contribution in [3.63, 3.8) is 0 Å². The highest BCUT2D eigenvalue weighted by Gasteiger charge is 2.41. The Morgan fingerprint density at radius 3 is 2.33 bits per heavy atom. The molecular weight excluding hydrogens is 307 g/mol. The molecule has 4 amide bonds. The van der Waals surface area contributed by atoms with Crippen molar-refractivity contribution in [2.75, 3.05) is 7.05 Å². The van der Waals surface area contributed by atoms with E-state index in [0.29, 0.717) is 10.0 Å². The average Bonchev–Trinajstić information content (AvgIpc) is 2.46. The normalized spacial score (nSPS) is 15.8. The van der Waals surface area contributed by atoms with Crippen molar-refractivity contribution in [1.29, 1.82) is 0 Å². The van der Waals surface area contributed by atoms with Gasteiger partial charge in [0.05, 0.1) is 6.54 Å². The molecule has 0 bridgehead atoms. The third-order valence-corrected chi connectivity index (χ3v) is 2.97. The molecule has 1 aliphatic heterocycles. The Bertz CT molecular complexity index is 541. The van der Waals surface area contributed by atoms with Gasteiger partial charge in [0.25, 0.3) is 0 Å². The number of halogens is 2. The first-order valence-electron chi connectivity index (χ1n) is 4.98. The predicted octanol–water partition coefficient (Wildman–Crippen LogP) is 1.51. The van der Waals surface area contributed by atoms with Crippen LogP contribution in [-0.2, 0) is 16.1 Å². The van der Waals surface area contributed by atoms with Crippen molar-refractivity contribution in [3.05, 3.63) is 34.1 Å². The molecule has 1 saturated heterocycles. The van der Waals surface area contributed by atoms with Crippen molar-refractivity contribution in [2.45, 2.75) is 6.54 Å². The fourth-order valence-electron chi connectivity index (χ4n) is 1.64. The summed E-state index contributed by atoms with van der Waals surface area (Å²) >= 11 is 3.11. The van der Waals surface area contributed by atoms with Gasteiger partial charge in [0, 0.05) is 11.5 Å². The van der Waals surface area contributed by atoms with E-state index >= 15 is 0 Å². The Balaban J connectivity index is 2.27. The maximum absolute atomic E-state index is 13.2. The summed E-state index contributed by atoms with van der Waals surface area (Å²) in [5.41, 5.74) is 0.423. The van der Waals surface area contributed by atoms with E-state index in [1.807, 2.05) is 0 Å². The summed E-state index contributed by atoms with van der Waals surface area (Å²) in [7, 11) is 1.23. The molecule has 18 heavy (non-hydrogen) atoms. The second kappa shape index (κ2) is 4.49. The van der Waals surface area contributed by atoms with Crippen LogP contribution < -0.4 is 0 Å². The molecule has 0 spiro atoms. The lowest BCUT2D eigenvalue weighted by molar-refractivity contribution is -0.143. The van der Waals surface area contributed by atoms with Crippen LogP contribution in [0, 0.1) is 5.82 Å². The number of imide groups is 2. The second-order valence-electron chi connectivity index (χ2n) is 3.82. The Morgan fingerprint density at radius 1 is 1.17 bits per heavy atom. The number of carbonyl (C=O) groups excluding carboxylic acids is 3. The monoisotopic (exact) mass is 314 g/mol. The van der Waals surface area contributed by atoms with Crippen molar-refractivity contribution < 1.29 is 18.8 Å². The van der Waals surface area contributed by atoms with Crippen LogP contribution >= 0.6 is 15.9 Å². The standard InChI is InChI=1S/C11H8BrFN2O3/c1-14-9(16)10(17)15(11(14)18)5-6-2-7(12)4-8(13)3-6/h2-4H,5H2,1H3. The van der Waals surface area contributed by atoms with Crippen LogP contribution in [0.5, 0.6) is 0 Å². The van der Waals surface area contributed by atoms with Gasteiger partial charge in [0.15, 0.2) is 0 Å². The van der Waals surface area contributed by atoms with Gasteiger partial charge in [-0.2, -0.15) is 0 Å². The number of benzene rings is 1. The van der Waals surface area contributed by atoms with Crippen molar-refractivity contribution in [1.82, 2.24) is 9.80 Å². The number of carbonyl (C=O) groups is 3. The van der Waals surface area contributed by atoms with Crippen molar-refractivity contribution in [2.24, 2.45) is 0 Å². The second-order valence-corrected chi connectivity index (χ2v) is 4.73. The van der Waals surface area contributed by atoms with E-state index in [1.54, 1.807) is 6.07 Å². The van der Waals surface area contributed by atoms with E-state index in [9.17, 15) is 18.8 Å². The molecular formula is C11H8BrFN2O3. The molecule has 1 aromatic rings. The van der Waals surface area contributed by atoms with E-state index in [0.717, 1.165) is 9.80 Å². The zero-order chi connectivity index (χ0) is 13.4. The number of nitrogens with zero attached hydrogens (tertiary/aromatic N) is 2. The van der Waals surface area contributed by atoms with E-state index in [2.05, 4.69) is 15.9 Å². The first kappa shape index (κ1) is 12.7. The molecule has 0 aliphatic carbocycles. The molecule has 5 nitrogen and oxygen atoms in total. The average molecular weight is 315 g/mol. The fourth-order valence-corrected chi connectivity index (χ4v) is 2.15. The van der Waals surface area contributed by atoms with E-state index in [-0.39, 0.29) is 6.54 Å². The Kier molecular flexibility index (Phi) is 3.16. The molecule has 94 valence electrons. The van der Waals surface area contributed by atoms with Gasteiger partial charge in [-0.05, 0) is 23.8 Å².